The molecule has 0 aliphatic heterocycles. The van der Waals surface area contributed by atoms with Gasteiger partial charge in [-0.25, -0.2) is 8.42 Å². The van der Waals surface area contributed by atoms with Crippen LogP contribution in [0.4, 0.5) is 0 Å². The van der Waals surface area contributed by atoms with Crippen molar-refractivity contribution in [2.24, 2.45) is 5.92 Å². The fourth-order valence-corrected chi connectivity index (χ4v) is 4.76. The zero-order valence-corrected chi connectivity index (χ0v) is 14.0. The van der Waals surface area contributed by atoms with Crippen molar-refractivity contribution in [1.82, 2.24) is 4.31 Å². The molecule has 0 heterocycles. The highest BCUT2D eigenvalue weighted by Gasteiger charge is 2.30. The highest BCUT2D eigenvalue weighted by atomic mass is 35.5. The minimum Gasteiger partial charge on any atom is -0.392 e. The number of nitrogens with zero attached hydrogens (tertiary/aromatic N) is 1. The number of hydrogen-bond donors (Lipinski definition) is 1. The van der Waals surface area contributed by atoms with E-state index in [1.807, 2.05) is 6.92 Å². The molecule has 1 aliphatic rings. The molecule has 1 fully saturated rings. The summed E-state index contributed by atoms with van der Waals surface area (Å²) in [7, 11) is -3.57. The van der Waals surface area contributed by atoms with Gasteiger partial charge < -0.3 is 5.11 Å². The van der Waals surface area contributed by atoms with Crippen LogP contribution < -0.4 is 0 Å². The van der Waals surface area contributed by atoms with Crippen LogP contribution in [-0.2, 0) is 16.6 Å². The van der Waals surface area contributed by atoms with E-state index in [9.17, 15) is 13.5 Å². The lowest BCUT2D eigenvalue weighted by atomic mass is 9.85. The van der Waals surface area contributed by atoms with Crippen LogP contribution in [0.25, 0.3) is 0 Å². The molecule has 0 atom stereocenters. The third-order valence-corrected chi connectivity index (χ3v) is 6.54. The van der Waals surface area contributed by atoms with Gasteiger partial charge in [-0.3, -0.25) is 0 Å². The van der Waals surface area contributed by atoms with Gasteiger partial charge in [0.25, 0.3) is 0 Å². The van der Waals surface area contributed by atoms with Gasteiger partial charge in [0.15, 0.2) is 0 Å². The van der Waals surface area contributed by atoms with Gasteiger partial charge in [-0.05, 0) is 48.9 Å². The molecule has 1 aromatic rings. The van der Waals surface area contributed by atoms with Crippen LogP contribution in [0.5, 0.6) is 0 Å². The molecule has 2 rings (SSSR count). The van der Waals surface area contributed by atoms with E-state index >= 15 is 0 Å². The average Bonchev–Trinajstić information content (AvgIpc) is 2.39. The van der Waals surface area contributed by atoms with Crippen molar-refractivity contribution in [3.8, 4) is 0 Å². The van der Waals surface area contributed by atoms with Crippen LogP contribution in [-0.4, -0.2) is 30.9 Å². The van der Waals surface area contributed by atoms with Gasteiger partial charge in [-0.1, -0.05) is 24.9 Å². The molecule has 1 aromatic carbocycles. The van der Waals surface area contributed by atoms with E-state index in [0.29, 0.717) is 35.2 Å². The lowest BCUT2D eigenvalue weighted by molar-refractivity contribution is 0.250. The zero-order valence-electron chi connectivity index (χ0n) is 12.5. The number of aliphatic hydroxyl groups is 1. The van der Waals surface area contributed by atoms with Gasteiger partial charge >= 0.3 is 0 Å². The summed E-state index contributed by atoms with van der Waals surface area (Å²) in [5.74, 6) is 0.469. The Morgan fingerprint density at radius 1 is 1.38 bits per heavy atom. The molecule has 4 nitrogen and oxygen atoms in total. The Hall–Kier alpha value is -0.620. The first-order chi connectivity index (χ1) is 9.90. The standard InChI is InChI=1S/C15H22ClNO3S/c1-3-17(9-12-5-4-6-12)21(19,20)15-8-14(16)7-13(10-18)11(15)2/h7-8,12,18H,3-6,9-10H2,1-2H3. The first-order valence-corrected chi connectivity index (χ1v) is 9.12. The van der Waals surface area contributed by atoms with Gasteiger partial charge in [0.05, 0.1) is 11.5 Å². The molecule has 0 spiro atoms. The van der Waals surface area contributed by atoms with Crippen LogP contribution in [0.2, 0.25) is 5.02 Å². The molecular formula is C15H22ClNO3S. The summed E-state index contributed by atoms with van der Waals surface area (Å²) < 4.78 is 27.3. The molecule has 21 heavy (non-hydrogen) atoms. The SMILES string of the molecule is CCN(CC1CCC1)S(=O)(=O)c1cc(Cl)cc(CO)c1C. The highest BCUT2D eigenvalue weighted by Crippen LogP contribution is 2.31. The van der Waals surface area contributed by atoms with E-state index in [-0.39, 0.29) is 11.5 Å². The summed E-state index contributed by atoms with van der Waals surface area (Å²) >= 11 is 6.00. The Morgan fingerprint density at radius 2 is 2.05 bits per heavy atom. The van der Waals surface area contributed by atoms with E-state index in [2.05, 4.69) is 0 Å². The lowest BCUT2D eigenvalue weighted by Gasteiger charge is -2.31. The monoisotopic (exact) mass is 331 g/mol. The molecule has 0 aromatic heterocycles. The molecule has 0 saturated heterocycles. The van der Waals surface area contributed by atoms with Crippen molar-refractivity contribution < 1.29 is 13.5 Å². The fraction of sp³-hybridized carbons (Fsp3) is 0.600. The van der Waals surface area contributed by atoms with Gasteiger partial charge in [0.1, 0.15) is 0 Å². The first kappa shape index (κ1) is 16.7. The molecule has 6 heteroatoms. The topological polar surface area (TPSA) is 57.6 Å². The average molecular weight is 332 g/mol. The van der Waals surface area contributed by atoms with Crippen LogP contribution in [0, 0.1) is 12.8 Å². The summed E-state index contributed by atoms with van der Waals surface area (Å²) in [5, 5.41) is 9.69. The highest BCUT2D eigenvalue weighted by molar-refractivity contribution is 7.89. The molecule has 0 unspecified atom stereocenters. The largest absolute Gasteiger partial charge is 0.392 e. The Labute approximate surface area is 131 Å². The second kappa shape index (κ2) is 6.65. The molecule has 1 aliphatic carbocycles. The maximum Gasteiger partial charge on any atom is 0.243 e. The minimum atomic E-state index is -3.57. The molecule has 118 valence electrons. The third-order valence-electron chi connectivity index (χ3n) is 4.26. The summed E-state index contributed by atoms with van der Waals surface area (Å²) in [6.07, 6.45) is 3.39. The van der Waals surface area contributed by atoms with Crippen LogP contribution in [0.15, 0.2) is 17.0 Å². The van der Waals surface area contributed by atoms with Gasteiger partial charge in [-0.2, -0.15) is 4.31 Å². The van der Waals surface area contributed by atoms with E-state index in [0.717, 1.165) is 12.8 Å². The lowest BCUT2D eigenvalue weighted by Crippen LogP contribution is -2.37. The van der Waals surface area contributed by atoms with Gasteiger partial charge in [0.2, 0.25) is 10.0 Å². The maximum absolute atomic E-state index is 12.9. The normalized spacial score (nSPS) is 16.2. The molecule has 1 saturated carbocycles. The molecule has 0 radical (unpaired) electrons. The van der Waals surface area contributed by atoms with Crippen molar-refractivity contribution in [3.05, 3.63) is 28.3 Å². The molecule has 1 N–H and O–H groups in total. The second-order valence-electron chi connectivity index (χ2n) is 5.60. The van der Waals surface area contributed by atoms with Gasteiger partial charge in [0, 0.05) is 18.1 Å². The summed E-state index contributed by atoms with van der Waals surface area (Å²) in [6, 6.07) is 3.09. The number of rotatable bonds is 6. The van der Waals surface area contributed by atoms with Crippen molar-refractivity contribution in [2.45, 2.75) is 44.6 Å². The zero-order chi connectivity index (χ0) is 15.6. The minimum absolute atomic E-state index is 0.209. The summed E-state index contributed by atoms with van der Waals surface area (Å²) in [4.78, 5) is 0.209. The quantitative estimate of drug-likeness (QED) is 0.872. The van der Waals surface area contributed by atoms with Crippen molar-refractivity contribution in [3.63, 3.8) is 0 Å². The smallest absolute Gasteiger partial charge is 0.243 e. The van der Waals surface area contributed by atoms with E-state index in [1.165, 1.54) is 16.8 Å². The molecular weight excluding hydrogens is 310 g/mol. The number of halogens is 1. The predicted molar refractivity (Wildman–Crippen MR) is 83.9 cm³/mol. The van der Waals surface area contributed by atoms with Crippen molar-refractivity contribution in [1.29, 1.82) is 0 Å². The maximum atomic E-state index is 12.9. The Balaban J connectivity index is 2.39. The fourth-order valence-electron chi connectivity index (χ4n) is 2.64. The van der Waals surface area contributed by atoms with Crippen molar-refractivity contribution in [2.75, 3.05) is 13.1 Å². The summed E-state index contributed by atoms with van der Waals surface area (Å²) in [5.41, 5.74) is 1.13. The van der Waals surface area contributed by atoms with E-state index < -0.39 is 10.0 Å². The Bertz CT molecular complexity index is 612. The van der Waals surface area contributed by atoms with Crippen LogP contribution in [0.1, 0.15) is 37.3 Å². The Kier molecular flexibility index (Phi) is 5.30. The van der Waals surface area contributed by atoms with E-state index in [4.69, 9.17) is 11.6 Å². The van der Waals surface area contributed by atoms with Crippen LogP contribution in [0.3, 0.4) is 0 Å². The van der Waals surface area contributed by atoms with E-state index in [1.54, 1.807) is 13.0 Å². The third kappa shape index (κ3) is 3.42. The number of hydrogen-bond acceptors (Lipinski definition) is 3. The van der Waals surface area contributed by atoms with Gasteiger partial charge in [-0.15, -0.1) is 0 Å². The Morgan fingerprint density at radius 3 is 2.52 bits per heavy atom. The van der Waals surface area contributed by atoms with Crippen molar-refractivity contribution >= 4 is 21.6 Å². The van der Waals surface area contributed by atoms with Crippen LogP contribution >= 0.6 is 11.6 Å². The first-order valence-electron chi connectivity index (χ1n) is 7.30. The summed E-state index contributed by atoms with van der Waals surface area (Å²) in [6.45, 7) is 4.36. The second-order valence-corrected chi connectivity index (χ2v) is 7.94. The number of sulfonamides is 1. The number of aliphatic hydroxyl groups excluding tert-OH is 1. The molecule has 0 bridgehead atoms. The molecule has 0 amide bonds. The predicted octanol–water partition coefficient (Wildman–Crippen LogP) is 2.95. The number of benzene rings is 1.